The van der Waals surface area contributed by atoms with E-state index >= 15 is 0 Å². The van der Waals surface area contributed by atoms with Crippen LogP contribution in [0.15, 0.2) is 60.7 Å². The predicted octanol–water partition coefficient (Wildman–Crippen LogP) is 2.27. The molecule has 2 aromatic carbocycles. The average Bonchev–Trinajstić information content (AvgIpc) is 2.68. The summed E-state index contributed by atoms with van der Waals surface area (Å²) in [6.45, 7) is 5.91. The predicted molar refractivity (Wildman–Crippen MR) is 129 cm³/mol. The Balaban J connectivity index is 2.55. The third kappa shape index (κ3) is 7.50. The van der Waals surface area contributed by atoms with Crippen LogP contribution in [0.2, 0.25) is 5.04 Å². The first-order valence-electron chi connectivity index (χ1n) is 10.2. The van der Waals surface area contributed by atoms with E-state index in [-0.39, 0.29) is 24.7 Å². The summed E-state index contributed by atoms with van der Waals surface area (Å²) >= 11 is 0. The highest BCUT2D eigenvalue weighted by Gasteiger charge is 2.51. The summed E-state index contributed by atoms with van der Waals surface area (Å²) in [6.07, 6.45) is 1.38. The Kier molecular flexibility index (Phi) is 8.82. The maximum Gasteiger partial charge on any atom is 0.264 e. The molecular weight excluding hydrogens is 468 g/mol. The zero-order valence-corrected chi connectivity index (χ0v) is 21.8. The summed E-state index contributed by atoms with van der Waals surface area (Å²) in [6, 6.07) is 19.7. The van der Waals surface area contributed by atoms with E-state index < -0.39 is 34.7 Å². The van der Waals surface area contributed by atoms with Gasteiger partial charge in [0.05, 0.1) is 31.8 Å². The number of benzene rings is 2. The van der Waals surface area contributed by atoms with Crippen LogP contribution in [0.3, 0.4) is 0 Å². The first-order valence-corrected chi connectivity index (χ1v) is 15.8. The van der Waals surface area contributed by atoms with Gasteiger partial charge in [-0.2, -0.15) is 16.8 Å². The molecule has 0 saturated heterocycles. The van der Waals surface area contributed by atoms with Gasteiger partial charge in [0, 0.05) is 0 Å². The summed E-state index contributed by atoms with van der Waals surface area (Å²) < 4.78 is 63.1. The van der Waals surface area contributed by atoms with Crippen molar-refractivity contribution in [3.63, 3.8) is 0 Å². The second-order valence-corrected chi connectivity index (χ2v) is 16.2. The van der Waals surface area contributed by atoms with E-state index in [0.29, 0.717) is 0 Å². The molecule has 0 saturated carbocycles. The Hall–Kier alpha value is -1.56. The lowest BCUT2D eigenvalue weighted by Crippen LogP contribution is -2.68. The van der Waals surface area contributed by atoms with Gasteiger partial charge in [-0.1, -0.05) is 81.4 Å². The van der Waals surface area contributed by atoms with Gasteiger partial charge in [-0.25, -0.2) is 0 Å². The van der Waals surface area contributed by atoms with Gasteiger partial charge in [0.25, 0.3) is 28.6 Å². The summed E-state index contributed by atoms with van der Waals surface area (Å²) in [5.41, 5.74) is 0. The van der Waals surface area contributed by atoms with Crippen LogP contribution in [-0.4, -0.2) is 57.0 Å². The third-order valence-electron chi connectivity index (χ3n) is 4.97. The fourth-order valence-electron chi connectivity index (χ4n) is 3.65. The minimum absolute atomic E-state index is 0.144. The van der Waals surface area contributed by atoms with Crippen molar-refractivity contribution >= 4 is 38.9 Å². The van der Waals surface area contributed by atoms with E-state index in [0.717, 1.165) is 22.9 Å². The Morgan fingerprint density at radius 2 is 1.22 bits per heavy atom. The maximum atomic E-state index is 11.7. The second-order valence-electron chi connectivity index (χ2n) is 8.71. The molecule has 2 aromatic rings. The van der Waals surface area contributed by atoms with Gasteiger partial charge in [-0.3, -0.25) is 8.37 Å². The van der Waals surface area contributed by atoms with E-state index in [4.69, 9.17) is 12.8 Å². The van der Waals surface area contributed by atoms with Crippen molar-refractivity contribution in [3.8, 4) is 0 Å². The third-order valence-corrected chi connectivity index (χ3v) is 11.2. The summed E-state index contributed by atoms with van der Waals surface area (Å²) in [7, 11) is -10.3. The van der Waals surface area contributed by atoms with E-state index in [1.165, 1.54) is 0 Å². The van der Waals surface area contributed by atoms with Gasteiger partial charge in [-0.15, -0.1) is 0 Å². The normalized spacial score (nSPS) is 14.3. The molecule has 32 heavy (non-hydrogen) atoms. The largest absolute Gasteiger partial charge is 0.402 e. The topological polar surface area (TPSA) is 96.0 Å². The van der Waals surface area contributed by atoms with Gasteiger partial charge in [0.1, 0.15) is 0 Å². The minimum Gasteiger partial charge on any atom is -0.402 e. The molecule has 0 unspecified atom stereocenters. The monoisotopic (exact) mass is 500 g/mol. The highest BCUT2D eigenvalue weighted by atomic mass is 32.2. The quantitative estimate of drug-likeness (QED) is 0.345. The standard InChI is InChI=1S/C22H32O7S2Si/c1-22(2,3)32(20-12-8-6-9-13-20,21-14-10-7-11-15-21)29-19(18-28-31(5,25)26)16-17-27-30(4,23)24/h6-15,19H,16-18H2,1-5H3/t19-/m0/s1. The molecule has 0 aliphatic rings. The van der Waals surface area contributed by atoms with E-state index in [1.807, 2.05) is 60.7 Å². The Morgan fingerprint density at radius 1 is 0.781 bits per heavy atom. The highest BCUT2D eigenvalue weighted by Crippen LogP contribution is 2.37. The van der Waals surface area contributed by atoms with E-state index in [2.05, 4.69) is 20.8 Å². The SMILES string of the molecule is CC(C)(C)[Si](O[C@@H](CCOS(C)(=O)=O)COS(C)(=O)=O)(c1ccccc1)c1ccccc1. The van der Waals surface area contributed by atoms with E-state index in [1.54, 1.807) is 0 Å². The molecule has 0 aliphatic carbocycles. The number of hydrogen-bond acceptors (Lipinski definition) is 7. The van der Waals surface area contributed by atoms with Crippen LogP contribution >= 0.6 is 0 Å². The fraction of sp³-hybridized carbons (Fsp3) is 0.455. The van der Waals surface area contributed by atoms with Crippen molar-refractivity contribution in [1.82, 2.24) is 0 Å². The van der Waals surface area contributed by atoms with Gasteiger partial charge >= 0.3 is 0 Å². The van der Waals surface area contributed by atoms with Gasteiger partial charge in [0.15, 0.2) is 0 Å². The summed E-state index contributed by atoms with van der Waals surface area (Å²) in [5, 5.41) is 1.70. The van der Waals surface area contributed by atoms with Crippen LogP contribution < -0.4 is 10.4 Å². The molecule has 0 aromatic heterocycles. The van der Waals surface area contributed by atoms with Crippen molar-refractivity contribution in [2.45, 2.75) is 38.3 Å². The lowest BCUT2D eigenvalue weighted by Gasteiger charge is -2.45. The van der Waals surface area contributed by atoms with Crippen molar-refractivity contribution < 1.29 is 29.6 Å². The number of rotatable bonds is 11. The molecule has 0 spiro atoms. The molecule has 0 amide bonds. The molecule has 0 aliphatic heterocycles. The zero-order valence-electron chi connectivity index (χ0n) is 19.1. The Morgan fingerprint density at radius 3 is 1.59 bits per heavy atom. The van der Waals surface area contributed by atoms with E-state index in [9.17, 15) is 16.8 Å². The van der Waals surface area contributed by atoms with Crippen LogP contribution in [-0.2, 0) is 33.0 Å². The molecule has 178 valence electrons. The van der Waals surface area contributed by atoms with Gasteiger partial charge in [-0.05, 0) is 21.8 Å². The first-order chi connectivity index (χ1) is 14.7. The smallest absolute Gasteiger partial charge is 0.264 e. The van der Waals surface area contributed by atoms with Crippen LogP contribution in [0.4, 0.5) is 0 Å². The lowest BCUT2D eigenvalue weighted by atomic mass is 10.2. The van der Waals surface area contributed by atoms with Crippen molar-refractivity contribution in [2.75, 3.05) is 25.7 Å². The minimum atomic E-state index is -3.72. The Labute approximate surface area is 193 Å². The maximum absolute atomic E-state index is 11.7. The van der Waals surface area contributed by atoms with Gasteiger partial charge < -0.3 is 4.43 Å². The first kappa shape index (κ1) is 26.7. The summed E-state index contributed by atoms with van der Waals surface area (Å²) in [5.74, 6) is 0. The molecule has 0 heterocycles. The van der Waals surface area contributed by atoms with Crippen molar-refractivity contribution in [2.24, 2.45) is 0 Å². The molecule has 0 fully saturated rings. The molecular formula is C22H32O7S2Si. The number of hydrogen-bond donors (Lipinski definition) is 0. The molecule has 0 radical (unpaired) electrons. The molecule has 7 nitrogen and oxygen atoms in total. The van der Waals surface area contributed by atoms with Crippen molar-refractivity contribution in [1.29, 1.82) is 0 Å². The zero-order chi connectivity index (χ0) is 24.0. The van der Waals surface area contributed by atoms with Crippen LogP contribution in [0.25, 0.3) is 0 Å². The van der Waals surface area contributed by atoms with Crippen LogP contribution in [0.5, 0.6) is 0 Å². The van der Waals surface area contributed by atoms with Crippen molar-refractivity contribution in [3.05, 3.63) is 60.7 Å². The average molecular weight is 501 g/mol. The molecule has 0 N–H and O–H groups in total. The molecule has 2 rings (SSSR count). The highest BCUT2D eigenvalue weighted by molar-refractivity contribution is 7.86. The van der Waals surface area contributed by atoms with Crippen LogP contribution in [0, 0.1) is 0 Å². The molecule has 10 heteroatoms. The fourth-order valence-corrected chi connectivity index (χ4v) is 9.15. The Bertz CT molecular complexity index is 1020. The molecule has 1 atom stereocenters. The summed E-state index contributed by atoms with van der Waals surface area (Å²) in [4.78, 5) is 0. The van der Waals surface area contributed by atoms with Crippen LogP contribution in [0.1, 0.15) is 27.2 Å². The lowest BCUT2D eigenvalue weighted by molar-refractivity contribution is 0.101. The van der Waals surface area contributed by atoms with Gasteiger partial charge in [0.2, 0.25) is 0 Å². The second kappa shape index (κ2) is 10.6. The molecule has 0 bridgehead atoms.